The Labute approximate surface area is 192 Å². The second-order valence-corrected chi connectivity index (χ2v) is 7.49. The normalized spacial score (nSPS) is 10.6. The van der Waals surface area contributed by atoms with Gasteiger partial charge in [-0.05, 0) is 42.5 Å². The third kappa shape index (κ3) is 4.67. The van der Waals surface area contributed by atoms with Gasteiger partial charge in [-0.3, -0.25) is 0 Å². The summed E-state index contributed by atoms with van der Waals surface area (Å²) in [6.45, 7) is 0. The molecule has 32 heavy (non-hydrogen) atoms. The average molecular weight is 470 g/mol. The van der Waals surface area contributed by atoms with E-state index >= 15 is 4.39 Å². The third-order valence-corrected chi connectivity index (χ3v) is 4.99. The van der Waals surface area contributed by atoms with Crippen LogP contribution in [0.4, 0.5) is 4.39 Å². The van der Waals surface area contributed by atoms with Gasteiger partial charge in [-0.2, -0.15) is 5.26 Å². The molecule has 1 aromatic heterocycles. The maximum atomic E-state index is 15.2. The highest BCUT2D eigenvalue weighted by molar-refractivity contribution is 6.32. The van der Waals surface area contributed by atoms with Gasteiger partial charge in [0.15, 0.2) is 11.6 Å². The molecule has 0 saturated heterocycles. The largest absolute Gasteiger partial charge is 0.497 e. The number of rotatable bonds is 6. The lowest BCUT2D eigenvalue weighted by molar-refractivity contribution is 0.414. The molecule has 9 heteroatoms. The van der Waals surface area contributed by atoms with Gasteiger partial charge < -0.3 is 13.9 Å². The lowest BCUT2D eigenvalue weighted by Crippen LogP contribution is -1.98. The minimum absolute atomic E-state index is 0.0231. The van der Waals surface area contributed by atoms with Gasteiger partial charge in [0, 0.05) is 16.1 Å². The molecule has 0 aliphatic heterocycles. The second-order valence-electron chi connectivity index (χ2n) is 6.65. The van der Waals surface area contributed by atoms with Crippen molar-refractivity contribution in [1.29, 1.82) is 5.26 Å². The van der Waals surface area contributed by atoms with E-state index in [-0.39, 0.29) is 50.9 Å². The molecule has 3 aromatic carbocycles. The molecule has 160 valence electrons. The van der Waals surface area contributed by atoms with Crippen molar-refractivity contribution in [3.05, 3.63) is 87.5 Å². The van der Waals surface area contributed by atoms with Gasteiger partial charge in [-0.1, -0.05) is 35.3 Å². The highest BCUT2D eigenvalue weighted by atomic mass is 35.5. The Balaban J connectivity index is 1.60. The summed E-state index contributed by atoms with van der Waals surface area (Å²) in [5, 5.41) is 17.5. The quantitative estimate of drug-likeness (QED) is 0.322. The number of halogens is 3. The van der Waals surface area contributed by atoms with Crippen LogP contribution in [0.2, 0.25) is 10.0 Å². The van der Waals surface area contributed by atoms with Crippen molar-refractivity contribution in [2.75, 3.05) is 7.11 Å². The van der Waals surface area contributed by atoms with Gasteiger partial charge in [0.25, 0.3) is 0 Å². The molecule has 0 bridgehead atoms. The molecular formula is C23H14Cl2FN3O3. The van der Waals surface area contributed by atoms with Gasteiger partial charge in [0.2, 0.25) is 11.8 Å². The molecule has 0 amide bonds. The lowest BCUT2D eigenvalue weighted by Gasteiger charge is -2.11. The van der Waals surface area contributed by atoms with Crippen LogP contribution in [0.15, 0.2) is 59.0 Å². The van der Waals surface area contributed by atoms with Crippen molar-refractivity contribution in [3.63, 3.8) is 0 Å². The van der Waals surface area contributed by atoms with E-state index < -0.39 is 5.82 Å². The minimum atomic E-state index is -0.683. The number of aromatic nitrogens is 2. The lowest BCUT2D eigenvalue weighted by atomic mass is 10.1. The van der Waals surface area contributed by atoms with E-state index in [2.05, 4.69) is 10.2 Å². The molecule has 4 rings (SSSR count). The van der Waals surface area contributed by atoms with Crippen molar-refractivity contribution in [1.82, 2.24) is 10.2 Å². The van der Waals surface area contributed by atoms with E-state index in [4.69, 9.17) is 42.4 Å². The predicted octanol–water partition coefficient (Wildman–Crippen LogP) is 6.45. The minimum Gasteiger partial charge on any atom is -0.497 e. The summed E-state index contributed by atoms with van der Waals surface area (Å²) in [7, 11) is 1.56. The van der Waals surface area contributed by atoms with Gasteiger partial charge in [0.05, 0.1) is 30.2 Å². The predicted molar refractivity (Wildman–Crippen MR) is 117 cm³/mol. The van der Waals surface area contributed by atoms with E-state index in [1.165, 1.54) is 30.3 Å². The molecule has 0 radical (unpaired) electrons. The molecule has 0 aliphatic carbocycles. The van der Waals surface area contributed by atoms with Gasteiger partial charge in [-0.15, -0.1) is 10.2 Å². The Hall–Kier alpha value is -3.60. The summed E-state index contributed by atoms with van der Waals surface area (Å²) in [4.78, 5) is 0. The van der Waals surface area contributed by atoms with Crippen molar-refractivity contribution < 1.29 is 18.3 Å². The molecule has 0 saturated carbocycles. The fourth-order valence-corrected chi connectivity index (χ4v) is 3.38. The van der Waals surface area contributed by atoms with Crippen LogP contribution in [-0.2, 0) is 6.42 Å². The Morgan fingerprint density at radius 3 is 2.69 bits per heavy atom. The molecule has 0 atom stereocenters. The number of nitrogens with zero attached hydrogens (tertiary/aromatic N) is 3. The standard InChI is InChI=1S/C23H14Cl2FN3O3/c1-30-17-4-2-3-15(9-17)23-29-28-20(32-23)10-14-5-6-19(25)22(21(14)26)31-18-8-13(12-27)7-16(24)11-18/h2-9,11H,10H2,1H3. The maximum absolute atomic E-state index is 15.2. The number of benzene rings is 3. The zero-order chi connectivity index (χ0) is 22.7. The molecule has 0 N–H and O–H groups in total. The Kier molecular flexibility index (Phi) is 6.26. The first-order chi connectivity index (χ1) is 15.5. The van der Waals surface area contributed by atoms with E-state index in [1.54, 1.807) is 31.4 Å². The molecule has 0 aliphatic rings. The number of nitriles is 1. The van der Waals surface area contributed by atoms with Crippen LogP contribution in [0.1, 0.15) is 17.0 Å². The molecule has 0 fully saturated rings. The highest BCUT2D eigenvalue weighted by Gasteiger charge is 2.18. The summed E-state index contributed by atoms with van der Waals surface area (Å²) < 4.78 is 31.7. The number of hydrogen-bond donors (Lipinski definition) is 0. The van der Waals surface area contributed by atoms with Crippen LogP contribution in [-0.4, -0.2) is 17.3 Å². The topological polar surface area (TPSA) is 81.2 Å². The van der Waals surface area contributed by atoms with E-state index in [1.807, 2.05) is 6.07 Å². The third-order valence-electron chi connectivity index (χ3n) is 4.47. The Morgan fingerprint density at radius 1 is 1.06 bits per heavy atom. The Bertz CT molecular complexity index is 1330. The van der Waals surface area contributed by atoms with Crippen LogP contribution in [0.5, 0.6) is 17.2 Å². The maximum Gasteiger partial charge on any atom is 0.247 e. The number of methoxy groups -OCH3 is 1. The molecule has 4 aromatic rings. The molecular weight excluding hydrogens is 456 g/mol. The molecule has 6 nitrogen and oxygen atoms in total. The van der Waals surface area contributed by atoms with Crippen LogP contribution >= 0.6 is 23.2 Å². The monoisotopic (exact) mass is 469 g/mol. The average Bonchev–Trinajstić information content (AvgIpc) is 3.27. The number of hydrogen-bond acceptors (Lipinski definition) is 6. The van der Waals surface area contributed by atoms with Gasteiger partial charge >= 0.3 is 0 Å². The summed E-state index contributed by atoms with van der Waals surface area (Å²) >= 11 is 12.1. The first kappa shape index (κ1) is 21.6. The fourth-order valence-electron chi connectivity index (χ4n) is 2.97. The zero-order valence-electron chi connectivity index (χ0n) is 16.6. The van der Waals surface area contributed by atoms with Gasteiger partial charge in [0.1, 0.15) is 11.5 Å². The van der Waals surface area contributed by atoms with Crippen molar-refractivity contribution >= 4 is 23.2 Å². The molecule has 1 heterocycles. The number of ether oxygens (including phenoxy) is 2. The summed E-state index contributed by atoms with van der Waals surface area (Å²) in [5.41, 5.74) is 1.20. The van der Waals surface area contributed by atoms with Crippen LogP contribution in [0.3, 0.4) is 0 Å². The first-order valence-electron chi connectivity index (χ1n) is 9.29. The molecule has 0 unspecified atom stereocenters. The van der Waals surface area contributed by atoms with Crippen molar-refractivity contribution in [2.24, 2.45) is 0 Å². The zero-order valence-corrected chi connectivity index (χ0v) is 18.1. The van der Waals surface area contributed by atoms with Crippen LogP contribution in [0, 0.1) is 17.1 Å². The summed E-state index contributed by atoms with van der Waals surface area (Å²) in [6, 6.07) is 16.5. The van der Waals surface area contributed by atoms with Crippen LogP contribution < -0.4 is 9.47 Å². The van der Waals surface area contributed by atoms with Gasteiger partial charge in [-0.25, -0.2) is 4.39 Å². The second kappa shape index (κ2) is 9.27. The Morgan fingerprint density at radius 2 is 1.91 bits per heavy atom. The van der Waals surface area contributed by atoms with E-state index in [0.717, 1.165) is 0 Å². The van der Waals surface area contributed by atoms with Crippen molar-refractivity contribution in [2.45, 2.75) is 6.42 Å². The molecule has 0 spiro atoms. The highest BCUT2D eigenvalue weighted by Crippen LogP contribution is 2.36. The van der Waals surface area contributed by atoms with E-state index in [9.17, 15) is 0 Å². The SMILES string of the molecule is COc1cccc(-c2nnc(Cc3ccc(Cl)c(Oc4cc(Cl)cc(C#N)c4)c3F)o2)c1. The first-order valence-corrected chi connectivity index (χ1v) is 10.0. The summed E-state index contributed by atoms with van der Waals surface area (Å²) in [5.74, 6) is 0.454. The van der Waals surface area contributed by atoms with E-state index in [0.29, 0.717) is 11.3 Å². The fraction of sp³-hybridized carbons (Fsp3) is 0.0870. The van der Waals surface area contributed by atoms with Crippen LogP contribution in [0.25, 0.3) is 11.5 Å². The summed E-state index contributed by atoms with van der Waals surface area (Å²) in [6.07, 6.45) is 0.0231. The van der Waals surface area contributed by atoms with Crippen molar-refractivity contribution in [3.8, 4) is 34.8 Å². The smallest absolute Gasteiger partial charge is 0.247 e.